The lowest BCUT2D eigenvalue weighted by Gasteiger charge is -2.29. The normalized spacial score (nSPS) is 17.1. The Morgan fingerprint density at radius 1 is 0.871 bits per heavy atom. The molecule has 2 aliphatic rings. The zero-order chi connectivity index (χ0) is 22.1. The molecule has 170 valence electrons. The summed E-state index contributed by atoms with van der Waals surface area (Å²) in [6.45, 7) is 5.10. The van der Waals surface area contributed by atoms with Crippen LogP contribution in [0.3, 0.4) is 0 Å². The Labute approximate surface area is 186 Å². The van der Waals surface area contributed by atoms with E-state index in [2.05, 4.69) is 6.92 Å². The van der Waals surface area contributed by atoms with E-state index in [4.69, 9.17) is 9.47 Å². The maximum absolute atomic E-state index is 13.3. The molecule has 0 atom stereocenters. The summed E-state index contributed by atoms with van der Waals surface area (Å²) in [6.07, 6.45) is 9.45. The van der Waals surface area contributed by atoms with E-state index in [1.807, 2.05) is 29.2 Å². The van der Waals surface area contributed by atoms with Gasteiger partial charge in [0.15, 0.2) is 0 Å². The van der Waals surface area contributed by atoms with Crippen molar-refractivity contribution in [2.45, 2.75) is 58.3 Å². The molecule has 1 saturated heterocycles. The molecule has 0 aromatic heterocycles. The highest BCUT2D eigenvalue weighted by atomic mass is 16.5. The zero-order valence-electron chi connectivity index (χ0n) is 19.0. The van der Waals surface area contributed by atoms with Gasteiger partial charge in [0.2, 0.25) is 0 Å². The fourth-order valence-electron chi connectivity index (χ4n) is 4.27. The van der Waals surface area contributed by atoms with Gasteiger partial charge in [-0.3, -0.25) is 14.5 Å². The number of carbonyl (C=O) groups is 2. The molecule has 2 amide bonds. The van der Waals surface area contributed by atoms with Gasteiger partial charge in [0.1, 0.15) is 11.4 Å². The molecule has 0 radical (unpaired) electrons. The molecular formula is C25H36N2O4. The van der Waals surface area contributed by atoms with Crippen LogP contribution in [0.25, 0.3) is 5.57 Å². The second-order valence-electron chi connectivity index (χ2n) is 8.29. The number of unbranched alkanes of at least 4 members (excludes halogenated alkanes) is 7. The van der Waals surface area contributed by atoms with Gasteiger partial charge in [-0.1, -0.05) is 64.0 Å². The predicted octanol–water partition coefficient (Wildman–Crippen LogP) is 4.25. The molecule has 6 nitrogen and oxygen atoms in total. The molecule has 0 unspecified atom stereocenters. The zero-order valence-corrected chi connectivity index (χ0v) is 19.0. The van der Waals surface area contributed by atoms with Gasteiger partial charge >= 0.3 is 0 Å². The van der Waals surface area contributed by atoms with E-state index >= 15 is 0 Å². The van der Waals surface area contributed by atoms with Crippen molar-refractivity contribution < 1.29 is 19.1 Å². The largest absolute Gasteiger partial charge is 0.497 e. The van der Waals surface area contributed by atoms with E-state index in [-0.39, 0.29) is 11.8 Å². The highest BCUT2D eigenvalue weighted by Crippen LogP contribution is 2.33. The first-order chi connectivity index (χ1) is 15.2. The van der Waals surface area contributed by atoms with Crippen LogP contribution in [0.4, 0.5) is 0 Å². The van der Waals surface area contributed by atoms with E-state index in [1.165, 1.54) is 37.0 Å². The number of carbonyl (C=O) groups excluding carboxylic acids is 2. The average Bonchev–Trinajstić information content (AvgIpc) is 3.06. The minimum atomic E-state index is -0.181. The summed E-state index contributed by atoms with van der Waals surface area (Å²) in [4.78, 5) is 30.1. The summed E-state index contributed by atoms with van der Waals surface area (Å²) in [5, 5.41) is 0. The van der Waals surface area contributed by atoms with Crippen LogP contribution in [-0.4, -0.2) is 61.6 Å². The van der Waals surface area contributed by atoms with Crippen molar-refractivity contribution in [3.05, 3.63) is 35.5 Å². The first kappa shape index (κ1) is 23.3. The molecule has 0 saturated carbocycles. The van der Waals surface area contributed by atoms with E-state index < -0.39 is 0 Å². The second-order valence-corrected chi connectivity index (χ2v) is 8.29. The van der Waals surface area contributed by atoms with E-state index in [1.54, 1.807) is 7.11 Å². The highest BCUT2D eigenvalue weighted by Gasteiger charge is 2.41. The molecule has 31 heavy (non-hydrogen) atoms. The van der Waals surface area contributed by atoms with E-state index in [0.29, 0.717) is 44.1 Å². The fourth-order valence-corrected chi connectivity index (χ4v) is 4.27. The highest BCUT2D eigenvalue weighted by molar-refractivity contribution is 6.35. The number of methoxy groups -OCH3 is 1. The lowest BCUT2D eigenvalue weighted by Crippen LogP contribution is -2.40. The van der Waals surface area contributed by atoms with Gasteiger partial charge in [-0.15, -0.1) is 0 Å². The van der Waals surface area contributed by atoms with E-state index in [9.17, 15) is 9.59 Å². The first-order valence-electron chi connectivity index (χ1n) is 11.7. The molecule has 3 rings (SSSR count). The smallest absolute Gasteiger partial charge is 0.277 e. The number of amides is 2. The van der Waals surface area contributed by atoms with Crippen LogP contribution in [0.1, 0.15) is 63.9 Å². The predicted molar refractivity (Wildman–Crippen MR) is 122 cm³/mol. The Hall–Kier alpha value is -2.34. The second kappa shape index (κ2) is 11.9. The van der Waals surface area contributed by atoms with Crippen molar-refractivity contribution in [2.75, 3.05) is 40.0 Å². The fraction of sp³-hybridized carbons (Fsp3) is 0.600. The van der Waals surface area contributed by atoms with Gasteiger partial charge in [-0.2, -0.15) is 0 Å². The Morgan fingerprint density at radius 2 is 1.48 bits per heavy atom. The standard InChI is InChI=1S/C25H36N2O4/c1-3-4-5-6-7-8-9-10-15-27-24(28)22(20-11-13-21(30-2)14-12-20)23(25(27)29)26-16-18-31-19-17-26/h11-14H,3-10,15-19H2,1-2H3. The molecule has 0 spiro atoms. The third kappa shape index (κ3) is 5.88. The molecule has 6 heteroatoms. The minimum Gasteiger partial charge on any atom is -0.497 e. The summed E-state index contributed by atoms with van der Waals surface area (Å²) >= 11 is 0. The quantitative estimate of drug-likeness (QED) is 0.368. The lowest BCUT2D eigenvalue weighted by molar-refractivity contribution is -0.137. The van der Waals surface area contributed by atoms with Crippen LogP contribution in [0.15, 0.2) is 30.0 Å². The van der Waals surface area contributed by atoms with Crippen molar-refractivity contribution in [1.29, 1.82) is 0 Å². The number of hydrogen-bond donors (Lipinski definition) is 0. The summed E-state index contributed by atoms with van der Waals surface area (Å²) in [6, 6.07) is 7.38. The lowest BCUT2D eigenvalue weighted by atomic mass is 10.0. The third-order valence-electron chi connectivity index (χ3n) is 6.08. The number of morpholine rings is 1. The molecule has 0 aliphatic carbocycles. The van der Waals surface area contributed by atoms with Gasteiger partial charge in [-0.25, -0.2) is 0 Å². The number of rotatable bonds is 12. The molecule has 2 heterocycles. The van der Waals surface area contributed by atoms with Gasteiger partial charge < -0.3 is 14.4 Å². The van der Waals surface area contributed by atoms with Crippen molar-refractivity contribution in [3.8, 4) is 5.75 Å². The average molecular weight is 429 g/mol. The van der Waals surface area contributed by atoms with E-state index in [0.717, 1.165) is 30.6 Å². The summed E-state index contributed by atoms with van der Waals surface area (Å²) < 4.78 is 10.7. The van der Waals surface area contributed by atoms with Crippen molar-refractivity contribution in [2.24, 2.45) is 0 Å². The van der Waals surface area contributed by atoms with Crippen LogP contribution in [0.5, 0.6) is 5.75 Å². The summed E-state index contributed by atoms with van der Waals surface area (Å²) in [5.41, 5.74) is 1.80. The Morgan fingerprint density at radius 3 is 2.10 bits per heavy atom. The number of hydrogen-bond acceptors (Lipinski definition) is 5. The molecular weight excluding hydrogens is 392 g/mol. The van der Waals surface area contributed by atoms with Gasteiger partial charge in [0.25, 0.3) is 11.8 Å². The molecule has 0 N–H and O–H groups in total. The van der Waals surface area contributed by atoms with Crippen LogP contribution < -0.4 is 4.74 Å². The van der Waals surface area contributed by atoms with Gasteiger partial charge in [-0.05, 0) is 24.1 Å². The number of ether oxygens (including phenoxy) is 2. The molecule has 1 aromatic rings. The first-order valence-corrected chi connectivity index (χ1v) is 11.7. The third-order valence-corrected chi connectivity index (χ3v) is 6.08. The molecule has 0 bridgehead atoms. The minimum absolute atomic E-state index is 0.166. The molecule has 1 aromatic carbocycles. The maximum atomic E-state index is 13.3. The van der Waals surface area contributed by atoms with Crippen LogP contribution in [0, 0.1) is 0 Å². The number of imide groups is 1. The van der Waals surface area contributed by atoms with Gasteiger partial charge in [0.05, 0.1) is 25.9 Å². The van der Waals surface area contributed by atoms with Crippen LogP contribution in [0.2, 0.25) is 0 Å². The van der Waals surface area contributed by atoms with Crippen molar-refractivity contribution in [3.63, 3.8) is 0 Å². The SMILES string of the molecule is CCCCCCCCCCN1C(=O)C(c2ccc(OC)cc2)=C(N2CCOCC2)C1=O. The summed E-state index contributed by atoms with van der Waals surface area (Å²) in [7, 11) is 1.61. The van der Waals surface area contributed by atoms with Crippen molar-refractivity contribution in [1.82, 2.24) is 9.80 Å². The monoisotopic (exact) mass is 428 g/mol. The van der Waals surface area contributed by atoms with Crippen LogP contribution >= 0.6 is 0 Å². The van der Waals surface area contributed by atoms with Crippen LogP contribution in [-0.2, 0) is 14.3 Å². The molecule has 1 fully saturated rings. The number of benzene rings is 1. The number of nitrogens with zero attached hydrogens (tertiary/aromatic N) is 2. The summed E-state index contributed by atoms with van der Waals surface area (Å²) in [5.74, 6) is 0.380. The Bertz CT molecular complexity index is 766. The Balaban J connectivity index is 1.67. The molecule has 2 aliphatic heterocycles. The Kier molecular flexibility index (Phi) is 8.95. The van der Waals surface area contributed by atoms with Crippen molar-refractivity contribution >= 4 is 17.4 Å². The maximum Gasteiger partial charge on any atom is 0.277 e. The van der Waals surface area contributed by atoms with Gasteiger partial charge in [0, 0.05) is 19.6 Å². The topological polar surface area (TPSA) is 59.1 Å².